The molecule has 1 atom stereocenters. The normalized spacial score (nSPS) is 28.1. The minimum Gasteiger partial charge on any atom is -0.105 e. The van der Waals surface area contributed by atoms with Gasteiger partial charge in [-0.25, -0.2) is 0 Å². The quantitative estimate of drug-likeness (QED) is 0.351. The highest BCUT2D eigenvalue weighted by molar-refractivity contribution is 7.66. The molecule has 0 amide bonds. The van der Waals surface area contributed by atoms with Gasteiger partial charge in [-0.05, 0) is 85.7 Å². The third-order valence-electron chi connectivity index (χ3n) is 8.39. The average Bonchev–Trinajstić information content (AvgIpc) is 3.46. The third kappa shape index (κ3) is 4.76. The Morgan fingerprint density at radius 2 is 0.962 bits per heavy atom. The van der Waals surface area contributed by atoms with E-state index in [2.05, 4.69) is 7.74 Å². The summed E-state index contributed by atoms with van der Waals surface area (Å²) in [6, 6.07) is 0. The summed E-state index contributed by atoms with van der Waals surface area (Å²) >= 11 is 0. The largest absolute Gasteiger partial charge is 0.105 e. The maximum atomic E-state index is 2.58. The standard InChI is InChI=1S/C22H42B2P2/c23-24-22(26(20-13-5-6-14-20)21-15-7-8-16-21)17-25(18-9-1-2-10-18)19-11-3-4-12-19/h18-22,24H,1-17,23H2. The van der Waals surface area contributed by atoms with Crippen LogP contribution in [-0.4, -0.2) is 49.3 Å². The summed E-state index contributed by atoms with van der Waals surface area (Å²) in [5.41, 5.74) is 5.89. The van der Waals surface area contributed by atoms with Crippen molar-refractivity contribution in [3.05, 3.63) is 0 Å². The highest BCUT2D eigenvalue weighted by atomic mass is 31.1. The zero-order chi connectivity index (χ0) is 17.8. The van der Waals surface area contributed by atoms with E-state index < -0.39 is 0 Å². The van der Waals surface area contributed by atoms with Crippen molar-refractivity contribution in [3.63, 3.8) is 0 Å². The lowest BCUT2D eigenvalue weighted by Crippen LogP contribution is -2.30. The van der Waals surface area contributed by atoms with Crippen molar-refractivity contribution in [2.75, 3.05) is 6.16 Å². The summed E-state index contributed by atoms with van der Waals surface area (Å²) in [5.74, 6) is 0. The topological polar surface area (TPSA) is 0 Å². The summed E-state index contributed by atoms with van der Waals surface area (Å²) in [4.78, 5) is 0. The lowest BCUT2D eigenvalue weighted by molar-refractivity contribution is 0.810. The number of hydrogen-bond acceptors (Lipinski definition) is 0. The molecule has 4 saturated carbocycles. The van der Waals surface area contributed by atoms with Crippen LogP contribution in [0.3, 0.4) is 0 Å². The molecule has 0 N–H and O–H groups in total. The summed E-state index contributed by atoms with van der Waals surface area (Å²) in [5, 5.41) is 0. The van der Waals surface area contributed by atoms with Gasteiger partial charge in [0.1, 0.15) is 0 Å². The van der Waals surface area contributed by atoms with Crippen LogP contribution in [0.25, 0.3) is 0 Å². The molecular formula is C22H42B2P2. The van der Waals surface area contributed by atoms with E-state index in [1.165, 1.54) is 29.8 Å². The maximum Gasteiger partial charge on any atom is 0.0920 e. The van der Waals surface area contributed by atoms with E-state index in [-0.39, 0.29) is 0 Å². The van der Waals surface area contributed by atoms with E-state index in [9.17, 15) is 0 Å². The minimum absolute atomic E-state index is 0.328. The highest BCUT2D eigenvalue weighted by Gasteiger charge is 2.40. The summed E-state index contributed by atoms with van der Waals surface area (Å²) in [6.07, 6.45) is 27.1. The van der Waals surface area contributed by atoms with Gasteiger partial charge in [-0.1, -0.05) is 51.4 Å². The van der Waals surface area contributed by atoms with Crippen LogP contribution in [0.1, 0.15) is 103 Å². The zero-order valence-electron chi connectivity index (χ0n) is 17.5. The van der Waals surface area contributed by atoms with E-state index in [1.54, 1.807) is 109 Å². The van der Waals surface area contributed by atoms with Crippen molar-refractivity contribution in [2.45, 2.75) is 131 Å². The lowest BCUT2D eigenvalue weighted by atomic mass is 9.53. The fourth-order valence-corrected chi connectivity index (χ4v) is 16.5. The smallest absolute Gasteiger partial charge is 0.0920 e. The lowest BCUT2D eigenvalue weighted by Gasteiger charge is -2.41. The molecule has 146 valence electrons. The molecule has 0 aromatic heterocycles. The van der Waals surface area contributed by atoms with E-state index in [0.717, 1.165) is 5.56 Å². The SMILES string of the molecule is BBC(CP(C1CCCC1)C1CCCC1)P(C1CCCC1)C1CCCC1. The van der Waals surface area contributed by atoms with Gasteiger partial charge in [0.25, 0.3) is 0 Å². The second kappa shape index (κ2) is 10.1. The molecule has 4 aliphatic rings. The molecule has 4 aliphatic carbocycles. The van der Waals surface area contributed by atoms with Crippen molar-refractivity contribution in [1.29, 1.82) is 0 Å². The Morgan fingerprint density at radius 1 is 0.615 bits per heavy atom. The van der Waals surface area contributed by atoms with Gasteiger partial charge in [-0.2, -0.15) is 0 Å². The molecule has 4 heteroatoms. The summed E-state index contributed by atoms with van der Waals surface area (Å²) in [6.45, 7) is 0. The Kier molecular flexibility index (Phi) is 7.91. The Balaban J connectivity index is 1.49. The molecule has 0 aliphatic heterocycles. The second-order valence-corrected chi connectivity index (χ2v) is 15.9. The van der Waals surface area contributed by atoms with E-state index in [4.69, 9.17) is 0 Å². The molecule has 0 spiro atoms. The van der Waals surface area contributed by atoms with Crippen LogP contribution in [0.5, 0.6) is 0 Å². The van der Waals surface area contributed by atoms with Crippen LogP contribution >= 0.6 is 15.8 Å². The van der Waals surface area contributed by atoms with Crippen molar-refractivity contribution in [3.8, 4) is 0 Å². The Morgan fingerprint density at radius 3 is 1.31 bits per heavy atom. The minimum atomic E-state index is 0.328. The molecule has 1 unspecified atom stereocenters. The molecule has 0 aromatic rings. The van der Waals surface area contributed by atoms with Crippen LogP contribution in [0.15, 0.2) is 0 Å². The van der Waals surface area contributed by atoms with Crippen LogP contribution in [-0.2, 0) is 0 Å². The number of rotatable bonds is 8. The summed E-state index contributed by atoms with van der Waals surface area (Å²) < 4.78 is 0. The molecule has 4 fully saturated rings. The van der Waals surface area contributed by atoms with Crippen molar-refractivity contribution >= 4 is 30.8 Å². The fourth-order valence-electron chi connectivity index (χ4n) is 7.04. The van der Waals surface area contributed by atoms with E-state index in [1.807, 2.05) is 0 Å². The predicted molar refractivity (Wildman–Crippen MR) is 127 cm³/mol. The molecule has 0 bridgehead atoms. The fraction of sp³-hybridized carbons (Fsp3) is 1.00. The van der Waals surface area contributed by atoms with Crippen molar-refractivity contribution in [2.24, 2.45) is 0 Å². The molecule has 4 rings (SSSR count). The summed E-state index contributed by atoms with van der Waals surface area (Å²) in [7, 11) is 4.78. The van der Waals surface area contributed by atoms with Crippen LogP contribution in [0.2, 0.25) is 0 Å². The van der Waals surface area contributed by atoms with Gasteiger partial charge in [-0.15, -0.1) is 15.8 Å². The second-order valence-electron chi connectivity index (χ2n) is 9.96. The Labute approximate surface area is 168 Å². The molecule has 0 saturated heterocycles. The van der Waals surface area contributed by atoms with Gasteiger partial charge >= 0.3 is 0 Å². The monoisotopic (exact) mass is 390 g/mol. The van der Waals surface area contributed by atoms with Crippen LogP contribution in [0.4, 0.5) is 0 Å². The maximum absolute atomic E-state index is 2.58. The zero-order valence-corrected chi connectivity index (χ0v) is 19.3. The predicted octanol–water partition coefficient (Wildman–Crippen LogP) is 6.03. The van der Waals surface area contributed by atoms with Gasteiger partial charge in [0.15, 0.2) is 0 Å². The first-order valence-electron chi connectivity index (χ1n) is 12.4. The highest BCUT2D eigenvalue weighted by Crippen LogP contribution is 2.65. The van der Waals surface area contributed by atoms with Gasteiger partial charge in [0, 0.05) is 0 Å². The third-order valence-corrected chi connectivity index (χ3v) is 16.6. The van der Waals surface area contributed by atoms with E-state index >= 15 is 0 Å². The average molecular weight is 390 g/mol. The Hall–Kier alpha value is 0.990. The Bertz CT molecular complexity index is 376. The number of hydrogen-bond donors (Lipinski definition) is 0. The van der Waals surface area contributed by atoms with Gasteiger partial charge in [0.05, 0.1) is 14.9 Å². The van der Waals surface area contributed by atoms with Gasteiger partial charge < -0.3 is 0 Å². The molecule has 0 heterocycles. The molecule has 0 radical (unpaired) electrons. The van der Waals surface area contributed by atoms with E-state index in [0.29, 0.717) is 15.8 Å². The van der Waals surface area contributed by atoms with Gasteiger partial charge in [-0.3, -0.25) is 0 Å². The van der Waals surface area contributed by atoms with Crippen LogP contribution < -0.4 is 0 Å². The molecule has 0 nitrogen and oxygen atoms in total. The van der Waals surface area contributed by atoms with Gasteiger partial charge in [0.2, 0.25) is 0 Å². The van der Waals surface area contributed by atoms with Crippen molar-refractivity contribution in [1.82, 2.24) is 0 Å². The first-order valence-corrected chi connectivity index (χ1v) is 15.6. The molecular weight excluding hydrogens is 348 g/mol. The first-order chi connectivity index (χ1) is 12.9. The molecule has 0 aromatic carbocycles. The van der Waals surface area contributed by atoms with Crippen molar-refractivity contribution < 1.29 is 0 Å². The van der Waals surface area contributed by atoms with Crippen LogP contribution in [0, 0.1) is 0 Å². The molecule has 26 heavy (non-hydrogen) atoms. The first kappa shape index (κ1) is 20.3.